The normalized spacial score (nSPS) is 20.1. The van der Waals surface area contributed by atoms with Crippen LogP contribution in [0, 0.1) is 5.92 Å². The van der Waals surface area contributed by atoms with Crippen molar-refractivity contribution in [3.05, 3.63) is 35.9 Å². The molecular weight excluding hydrogens is 272 g/mol. The molecule has 0 radical (unpaired) electrons. The molecule has 1 amide bonds. The molecule has 20 heavy (non-hydrogen) atoms. The number of nitrogens with two attached hydrogens (primary N) is 1. The predicted molar refractivity (Wildman–Crippen MR) is 85.0 cm³/mol. The number of hydrogen-bond acceptors (Lipinski definition) is 2. The number of carbonyl (C=O) groups excluding carboxylic acids is 1. The average Bonchev–Trinajstić information content (AvgIpc) is 2.47. The van der Waals surface area contributed by atoms with Crippen LogP contribution < -0.4 is 5.73 Å². The second-order valence-electron chi connectivity index (χ2n) is 5.51. The molecule has 0 saturated carbocycles. The summed E-state index contributed by atoms with van der Waals surface area (Å²) in [5.74, 6) is 0.166. The molecule has 0 spiro atoms. The van der Waals surface area contributed by atoms with Crippen LogP contribution in [0.3, 0.4) is 0 Å². The topological polar surface area (TPSA) is 46.3 Å². The van der Waals surface area contributed by atoms with Gasteiger partial charge in [-0.05, 0) is 31.2 Å². The summed E-state index contributed by atoms with van der Waals surface area (Å²) in [6, 6.07) is 10.8. The molecule has 2 unspecified atom stereocenters. The van der Waals surface area contributed by atoms with E-state index in [1.807, 2.05) is 13.0 Å². The van der Waals surface area contributed by atoms with Gasteiger partial charge in [0.15, 0.2) is 0 Å². The minimum Gasteiger partial charge on any atom is -0.339 e. The number of halogens is 1. The van der Waals surface area contributed by atoms with Gasteiger partial charge in [0.1, 0.15) is 0 Å². The second-order valence-corrected chi connectivity index (χ2v) is 5.51. The lowest BCUT2D eigenvalue weighted by molar-refractivity contribution is -0.138. The van der Waals surface area contributed by atoms with Gasteiger partial charge in [-0.3, -0.25) is 4.79 Å². The van der Waals surface area contributed by atoms with Crippen molar-refractivity contribution in [3.63, 3.8) is 0 Å². The Balaban J connectivity index is 0.00000200. The van der Waals surface area contributed by atoms with Crippen LogP contribution in [-0.4, -0.2) is 29.9 Å². The molecule has 2 atom stereocenters. The van der Waals surface area contributed by atoms with Crippen molar-refractivity contribution in [2.24, 2.45) is 11.7 Å². The number of carbonyl (C=O) groups is 1. The van der Waals surface area contributed by atoms with Crippen LogP contribution in [0.2, 0.25) is 0 Å². The third kappa shape index (κ3) is 4.22. The summed E-state index contributed by atoms with van der Waals surface area (Å²) in [5, 5.41) is 0. The van der Waals surface area contributed by atoms with Crippen LogP contribution in [0.25, 0.3) is 0 Å². The second kappa shape index (κ2) is 8.28. The van der Waals surface area contributed by atoms with E-state index in [2.05, 4.69) is 29.2 Å². The quantitative estimate of drug-likeness (QED) is 0.928. The Hall–Kier alpha value is -1.06. The number of piperidine rings is 1. The Labute approximate surface area is 127 Å². The molecule has 112 valence electrons. The van der Waals surface area contributed by atoms with Gasteiger partial charge < -0.3 is 10.6 Å². The fraction of sp³-hybridized carbons (Fsp3) is 0.562. The van der Waals surface area contributed by atoms with Crippen LogP contribution in [0.4, 0.5) is 0 Å². The maximum atomic E-state index is 12.4. The van der Waals surface area contributed by atoms with Gasteiger partial charge >= 0.3 is 0 Å². The summed E-state index contributed by atoms with van der Waals surface area (Å²) in [7, 11) is 0. The SMILES string of the molecule is CC(CN)C(=O)N1CCCCC1Cc1ccccc1.Cl. The molecule has 1 fully saturated rings. The van der Waals surface area contributed by atoms with Crippen molar-refractivity contribution in [1.82, 2.24) is 4.90 Å². The lowest BCUT2D eigenvalue weighted by atomic mass is 9.94. The van der Waals surface area contributed by atoms with E-state index in [4.69, 9.17) is 5.73 Å². The summed E-state index contributed by atoms with van der Waals surface area (Å²) in [6.45, 7) is 3.25. The van der Waals surface area contributed by atoms with Gasteiger partial charge in [0.25, 0.3) is 0 Å². The number of benzene rings is 1. The molecule has 1 aliphatic rings. The van der Waals surface area contributed by atoms with Gasteiger partial charge in [-0.25, -0.2) is 0 Å². The Morgan fingerprint density at radius 3 is 2.70 bits per heavy atom. The highest BCUT2D eigenvalue weighted by atomic mass is 35.5. The first-order valence-corrected chi connectivity index (χ1v) is 7.27. The van der Waals surface area contributed by atoms with Crippen molar-refractivity contribution in [2.45, 2.75) is 38.6 Å². The number of nitrogens with zero attached hydrogens (tertiary/aromatic N) is 1. The zero-order valence-electron chi connectivity index (χ0n) is 12.1. The van der Waals surface area contributed by atoms with E-state index in [9.17, 15) is 4.79 Å². The van der Waals surface area contributed by atoms with Crippen LogP contribution >= 0.6 is 12.4 Å². The Morgan fingerprint density at radius 1 is 1.35 bits per heavy atom. The molecule has 1 saturated heterocycles. The summed E-state index contributed by atoms with van der Waals surface area (Å²) < 4.78 is 0. The van der Waals surface area contributed by atoms with Crippen LogP contribution in [0.15, 0.2) is 30.3 Å². The first-order valence-electron chi connectivity index (χ1n) is 7.27. The lowest BCUT2D eigenvalue weighted by Crippen LogP contribution is -2.48. The molecule has 0 aromatic heterocycles. The van der Waals surface area contributed by atoms with Crippen molar-refractivity contribution in [1.29, 1.82) is 0 Å². The molecule has 0 aliphatic carbocycles. The minimum absolute atomic E-state index is 0. The highest BCUT2D eigenvalue weighted by Crippen LogP contribution is 2.22. The molecule has 2 N–H and O–H groups in total. The third-order valence-electron chi connectivity index (χ3n) is 4.00. The zero-order valence-corrected chi connectivity index (χ0v) is 12.9. The summed E-state index contributed by atoms with van der Waals surface area (Å²) in [6.07, 6.45) is 4.41. The van der Waals surface area contributed by atoms with Gasteiger partial charge in [-0.2, -0.15) is 0 Å². The maximum absolute atomic E-state index is 12.4. The Kier molecular flexibility index (Phi) is 7.03. The van der Waals surface area contributed by atoms with E-state index in [0.29, 0.717) is 12.6 Å². The van der Waals surface area contributed by atoms with E-state index in [1.165, 1.54) is 12.0 Å². The molecule has 0 bridgehead atoms. The smallest absolute Gasteiger partial charge is 0.226 e. The predicted octanol–water partition coefficient (Wildman–Crippen LogP) is 2.63. The fourth-order valence-electron chi connectivity index (χ4n) is 2.77. The number of amides is 1. The van der Waals surface area contributed by atoms with Crippen molar-refractivity contribution >= 4 is 18.3 Å². The van der Waals surface area contributed by atoms with Gasteiger partial charge in [0.05, 0.1) is 0 Å². The van der Waals surface area contributed by atoms with Crippen LogP contribution in [0.5, 0.6) is 0 Å². The van der Waals surface area contributed by atoms with E-state index in [1.54, 1.807) is 0 Å². The number of hydrogen-bond donors (Lipinski definition) is 1. The molecule has 1 aromatic rings. The third-order valence-corrected chi connectivity index (χ3v) is 4.00. The van der Waals surface area contributed by atoms with Crippen LogP contribution in [-0.2, 0) is 11.2 Å². The zero-order chi connectivity index (χ0) is 13.7. The summed E-state index contributed by atoms with van der Waals surface area (Å²) in [4.78, 5) is 14.4. The molecule has 2 rings (SSSR count). The first kappa shape index (κ1) is 17.0. The first-order chi connectivity index (χ1) is 9.22. The van der Waals surface area contributed by atoms with Crippen molar-refractivity contribution in [2.75, 3.05) is 13.1 Å². The van der Waals surface area contributed by atoms with E-state index in [-0.39, 0.29) is 24.2 Å². The fourth-order valence-corrected chi connectivity index (χ4v) is 2.77. The lowest BCUT2D eigenvalue weighted by Gasteiger charge is -2.37. The van der Waals surface area contributed by atoms with E-state index >= 15 is 0 Å². The van der Waals surface area contributed by atoms with Crippen molar-refractivity contribution in [3.8, 4) is 0 Å². The van der Waals surface area contributed by atoms with Gasteiger partial charge in [0, 0.05) is 25.0 Å². The van der Waals surface area contributed by atoms with Crippen LogP contribution in [0.1, 0.15) is 31.7 Å². The van der Waals surface area contributed by atoms with E-state index < -0.39 is 0 Å². The summed E-state index contributed by atoms with van der Waals surface area (Å²) >= 11 is 0. The largest absolute Gasteiger partial charge is 0.339 e. The minimum atomic E-state index is -0.0589. The van der Waals surface area contributed by atoms with Gasteiger partial charge in [-0.15, -0.1) is 12.4 Å². The standard InChI is InChI=1S/C16H24N2O.ClH/c1-13(12-17)16(19)18-10-6-5-9-15(18)11-14-7-3-2-4-8-14;/h2-4,7-8,13,15H,5-6,9-12,17H2,1H3;1H. The highest BCUT2D eigenvalue weighted by molar-refractivity contribution is 5.85. The average molecular weight is 297 g/mol. The molecule has 4 heteroatoms. The molecule has 1 aromatic carbocycles. The molecule has 1 aliphatic heterocycles. The number of rotatable bonds is 4. The molecule has 3 nitrogen and oxygen atoms in total. The Morgan fingerprint density at radius 2 is 2.05 bits per heavy atom. The Bertz CT molecular complexity index is 410. The summed E-state index contributed by atoms with van der Waals surface area (Å²) in [5.41, 5.74) is 6.94. The maximum Gasteiger partial charge on any atom is 0.226 e. The number of likely N-dealkylation sites (tertiary alicyclic amines) is 1. The molecular formula is C16H25ClN2O. The monoisotopic (exact) mass is 296 g/mol. The van der Waals surface area contributed by atoms with E-state index in [0.717, 1.165) is 25.8 Å². The highest BCUT2D eigenvalue weighted by Gasteiger charge is 2.28. The molecule has 1 heterocycles. The van der Waals surface area contributed by atoms with Gasteiger partial charge in [-0.1, -0.05) is 37.3 Å². The van der Waals surface area contributed by atoms with Crippen molar-refractivity contribution < 1.29 is 4.79 Å². The van der Waals surface area contributed by atoms with Gasteiger partial charge in [0.2, 0.25) is 5.91 Å².